The van der Waals surface area contributed by atoms with Gasteiger partial charge in [0.25, 0.3) is 0 Å². The normalized spacial score (nSPS) is 12.2. The summed E-state index contributed by atoms with van der Waals surface area (Å²) in [6, 6.07) is 0. The van der Waals surface area contributed by atoms with Crippen molar-refractivity contribution in [3.8, 4) is 0 Å². The number of rotatable bonds is 6. The van der Waals surface area contributed by atoms with Gasteiger partial charge in [-0.25, -0.2) is 0 Å². The van der Waals surface area contributed by atoms with Gasteiger partial charge in [-0.3, -0.25) is 4.57 Å². The Balaban J connectivity index is 0. The number of hydrogen-bond donors (Lipinski definition) is 0. The van der Waals surface area contributed by atoms with E-state index >= 15 is 0 Å². The van der Waals surface area contributed by atoms with E-state index in [4.69, 9.17) is 4.52 Å². The van der Waals surface area contributed by atoms with E-state index in [1.807, 2.05) is 0 Å². The molecule has 0 aromatic rings. The molecule has 0 fully saturated rings. The molecule has 1 unspecified atom stereocenters. The molecule has 0 aliphatic carbocycles. The predicted molar refractivity (Wildman–Crippen MR) is 52.2 cm³/mol. The van der Waals surface area contributed by atoms with Crippen LogP contribution in [-0.4, -0.2) is 42.8 Å². The molecule has 0 aliphatic heterocycles. The maximum absolute atomic E-state index is 10.4. The van der Waals surface area contributed by atoms with Crippen LogP contribution < -0.4 is 0 Å². The second-order valence-electron chi connectivity index (χ2n) is 2.40. The molecule has 4 heteroatoms. The Hall–Kier alpha value is 1.19. The van der Waals surface area contributed by atoms with Gasteiger partial charge in [0, 0.05) is 6.66 Å². The Morgan fingerprint density at radius 3 is 2.36 bits per heavy atom. The molecule has 0 amide bonds. The first-order valence-corrected chi connectivity index (χ1v) is 5.72. The average Bonchev–Trinajstić information content (AvgIpc) is 1.87. The van der Waals surface area contributed by atoms with Gasteiger partial charge in [0.05, 0.1) is 6.61 Å². The summed E-state index contributed by atoms with van der Waals surface area (Å²) in [5, 5.41) is 0. The summed E-state index contributed by atoms with van der Waals surface area (Å²) in [6.07, 6.45) is 4.75. The molecule has 11 heavy (non-hydrogen) atoms. The van der Waals surface area contributed by atoms with Crippen LogP contribution in [0.4, 0.5) is 0 Å². The second kappa shape index (κ2) is 11.2. The summed E-state index contributed by atoms with van der Waals surface area (Å²) < 4.78 is 15.4. The van der Waals surface area contributed by atoms with Crippen LogP contribution in [0.5, 0.6) is 0 Å². The van der Waals surface area contributed by atoms with Gasteiger partial charge >= 0.3 is 29.6 Å². The minimum absolute atomic E-state index is 0. The quantitative estimate of drug-likeness (QED) is 0.362. The first kappa shape index (κ1) is 14.7. The van der Waals surface area contributed by atoms with Crippen molar-refractivity contribution in [2.45, 2.75) is 32.6 Å². The third-order valence-electron chi connectivity index (χ3n) is 1.30. The van der Waals surface area contributed by atoms with Crippen LogP contribution in [-0.2, 0) is 9.09 Å². The molecule has 0 N–H and O–H groups in total. The van der Waals surface area contributed by atoms with Gasteiger partial charge in [-0.15, -0.1) is 0 Å². The van der Waals surface area contributed by atoms with Crippen molar-refractivity contribution in [1.29, 1.82) is 0 Å². The molecule has 0 aromatic carbocycles. The molecule has 0 aromatic heterocycles. The molecule has 64 valence electrons. The van der Waals surface area contributed by atoms with Crippen LogP contribution in [0.25, 0.3) is 0 Å². The number of hydrogen-bond acceptors (Lipinski definition) is 2. The standard InChI is InChI=1S/C7H17O2P.Na.H/c1-3-4-5-6-7-9-10(2)8;;/h10H,3-7H2,1-2H3;;. The average molecular weight is 188 g/mol. The molecule has 0 aliphatic rings. The monoisotopic (exact) mass is 188 g/mol. The van der Waals surface area contributed by atoms with E-state index < -0.39 is 8.03 Å². The molecule has 0 radical (unpaired) electrons. The zero-order valence-corrected chi connectivity index (χ0v) is 7.85. The van der Waals surface area contributed by atoms with Crippen molar-refractivity contribution in [2.75, 3.05) is 13.3 Å². The first-order valence-electron chi connectivity index (χ1n) is 3.90. The molecule has 0 saturated heterocycles. The minimum atomic E-state index is -1.67. The van der Waals surface area contributed by atoms with Crippen LogP contribution in [0.1, 0.15) is 32.6 Å². The fourth-order valence-electron chi connectivity index (χ4n) is 0.745. The van der Waals surface area contributed by atoms with Crippen molar-refractivity contribution >= 4 is 37.6 Å². The molecule has 0 spiro atoms. The topological polar surface area (TPSA) is 26.3 Å². The van der Waals surface area contributed by atoms with Crippen molar-refractivity contribution in [1.82, 2.24) is 0 Å². The molecule has 0 rings (SSSR count). The fraction of sp³-hybridized carbons (Fsp3) is 1.00. The van der Waals surface area contributed by atoms with Crippen LogP contribution >= 0.6 is 8.03 Å². The molecule has 0 saturated carbocycles. The molecule has 0 heterocycles. The van der Waals surface area contributed by atoms with Crippen LogP contribution in [0.15, 0.2) is 0 Å². The van der Waals surface area contributed by atoms with Gasteiger partial charge in [0.15, 0.2) is 8.03 Å². The van der Waals surface area contributed by atoms with E-state index in [9.17, 15) is 4.57 Å². The van der Waals surface area contributed by atoms with Crippen molar-refractivity contribution in [2.24, 2.45) is 0 Å². The molecule has 1 atom stereocenters. The van der Waals surface area contributed by atoms with E-state index in [0.29, 0.717) is 6.61 Å². The van der Waals surface area contributed by atoms with Crippen LogP contribution in [0, 0.1) is 0 Å². The SMILES string of the molecule is CCCCCCO[PH](C)=O.[NaH]. The molecular weight excluding hydrogens is 170 g/mol. The Bertz CT molecular complexity index is 98.4. The van der Waals surface area contributed by atoms with Gasteiger partial charge in [-0.2, -0.15) is 0 Å². The Morgan fingerprint density at radius 2 is 1.91 bits per heavy atom. The van der Waals surface area contributed by atoms with E-state index in [2.05, 4.69) is 6.92 Å². The fourth-order valence-corrected chi connectivity index (χ4v) is 1.18. The van der Waals surface area contributed by atoms with Gasteiger partial charge in [0.1, 0.15) is 0 Å². The van der Waals surface area contributed by atoms with Crippen molar-refractivity contribution < 1.29 is 9.09 Å². The third-order valence-corrected chi connectivity index (χ3v) is 1.91. The van der Waals surface area contributed by atoms with Crippen LogP contribution in [0.2, 0.25) is 0 Å². The summed E-state index contributed by atoms with van der Waals surface area (Å²) in [5.41, 5.74) is 0. The number of unbranched alkanes of at least 4 members (excludes halogenated alkanes) is 3. The van der Waals surface area contributed by atoms with E-state index in [1.165, 1.54) is 19.3 Å². The van der Waals surface area contributed by atoms with E-state index in [-0.39, 0.29) is 29.6 Å². The Kier molecular flexibility index (Phi) is 15.0. The molecule has 0 bridgehead atoms. The summed E-state index contributed by atoms with van der Waals surface area (Å²) in [5.74, 6) is 0. The predicted octanol–water partition coefficient (Wildman–Crippen LogP) is 2.04. The van der Waals surface area contributed by atoms with Gasteiger partial charge in [-0.05, 0) is 6.42 Å². The van der Waals surface area contributed by atoms with Crippen molar-refractivity contribution in [3.63, 3.8) is 0 Å². The first-order chi connectivity index (χ1) is 4.77. The molecule has 2 nitrogen and oxygen atoms in total. The van der Waals surface area contributed by atoms with Gasteiger partial charge < -0.3 is 4.52 Å². The zero-order chi connectivity index (χ0) is 7.82. The molecular formula is C7H18NaO2P. The Labute approximate surface area is 92.2 Å². The summed E-state index contributed by atoms with van der Waals surface area (Å²) in [4.78, 5) is 0. The van der Waals surface area contributed by atoms with Gasteiger partial charge in [-0.1, -0.05) is 26.2 Å². The van der Waals surface area contributed by atoms with E-state index in [1.54, 1.807) is 6.66 Å². The van der Waals surface area contributed by atoms with Crippen LogP contribution in [0.3, 0.4) is 0 Å². The van der Waals surface area contributed by atoms with E-state index in [0.717, 1.165) is 6.42 Å². The second-order valence-corrected chi connectivity index (χ2v) is 3.67. The summed E-state index contributed by atoms with van der Waals surface area (Å²) >= 11 is 0. The zero-order valence-electron chi connectivity index (χ0n) is 6.85. The van der Waals surface area contributed by atoms with Gasteiger partial charge in [0.2, 0.25) is 0 Å². The summed E-state index contributed by atoms with van der Waals surface area (Å²) in [7, 11) is -1.67. The summed E-state index contributed by atoms with van der Waals surface area (Å²) in [6.45, 7) is 4.47. The maximum atomic E-state index is 10.4. The van der Waals surface area contributed by atoms with Crippen molar-refractivity contribution in [3.05, 3.63) is 0 Å². The third kappa shape index (κ3) is 14.1. The Morgan fingerprint density at radius 1 is 1.27 bits per heavy atom.